The quantitative estimate of drug-likeness (QED) is 0.852. The van der Waals surface area contributed by atoms with E-state index in [1.807, 2.05) is 12.1 Å². The van der Waals surface area contributed by atoms with Gasteiger partial charge in [-0.2, -0.15) is 0 Å². The van der Waals surface area contributed by atoms with Crippen molar-refractivity contribution in [2.24, 2.45) is 5.73 Å². The number of primary amides is 1. The molecule has 1 unspecified atom stereocenters. The molecule has 1 aromatic rings. The van der Waals surface area contributed by atoms with Crippen LogP contribution in [0.5, 0.6) is 0 Å². The number of anilines is 1. The summed E-state index contributed by atoms with van der Waals surface area (Å²) in [7, 11) is 0. The molecule has 0 aliphatic carbocycles. The average Bonchev–Trinajstić information content (AvgIpc) is 3.02. The van der Waals surface area contributed by atoms with Gasteiger partial charge < -0.3 is 15.7 Å². The van der Waals surface area contributed by atoms with E-state index in [0.717, 1.165) is 36.6 Å². The van der Waals surface area contributed by atoms with Crippen molar-refractivity contribution >= 4 is 23.2 Å². The summed E-state index contributed by atoms with van der Waals surface area (Å²) >= 11 is 6.49. The number of likely N-dealkylation sites (tertiary alicyclic amines) is 1. The number of benzene rings is 1. The van der Waals surface area contributed by atoms with Crippen molar-refractivity contribution < 1.29 is 9.90 Å². The molecular formula is C18H26ClN3O2. The van der Waals surface area contributed by atoms with Crippen LogP contribution in [0.2, 0.25) is 5.02 Å². The number of halogens is 1. The first-order valence-electron chi connectivity index (χ1n) is 8.72. The molecule has 0 spiro atoms. The SMILES string of the molecule is NC(=O)CC1(O)CCCN(Cc2c(Cl)cccc2N2CCCC2)C1. The van der Waals surface area contributed by atoms with Gasteiger partial charge in [0.15, 0.2) is 0 Å². The average molecular weight is 352 g/mol. The van der Waals surface area contributed by atoms with Crippen LogP contribution in [-0.4, -0.2) is 47.7 Å². The maximum Gasteiger partial charge on any atom is 0.220 e. The Morgan fingerprint density at radius 3 is 2.71 bits per heavy atom. The fourth-order valence-corrected chi connectivity index (χ4v) is 4.22. The minimum Gasteiger partial charge on any atom is -0.388 e. The van der Waals surface area contributed by atoms with Crippen molar-refractivity contribution in [1.82, 2.24) is 4.90 Å². The second kappa shape index (κ2) is 7.30. The zero-order valence-electron chi connectivity index (χ0n) is 14.0. The third-order valence-corrected chi connectivity index (χ3v) is 5.41. The lowest BCUT2D eigenvalue weighted by molar-refractivity contribution is -0.125. The first kappa shape index (κ1) is 17.5. The summed E-state index contributed by atoms with van der Waals surface area (Å²) in [5, 5.41) is 11.4. The molecule has 0 radical (unpaired) electrons. The third kappa shape index (κ3) is 4.02. The normalized spacial score (nSPS) is 25.2. The van der Waals surface area contributed by atoms with Gasteiger partial charge in [0.05, 0.1) is 12.0 Å². The predicted molar refractivity (Wildman–Crippen MR) is 96.2 cm³/mol. The number of aliphatic hydroxyl groups is 1. The van der Waals surface area contributed by atoms with Gasteiger partial charge in [-0.3, -0.25) is 9.69 Å². The standard InChI is InChI=1S/C18H26ClN3O2/c19-15-5-3-6-16(22-9-1-2-10-22)14(15)12-21-8-4-7-18(24,13-21)11-17(20)23/h3,5-6,24H,1-2,4,7-13H2,(H2,20,23). The number of β-amino-alcohol motifs (C(OH)–C–C–N with tert-alkyl or cyclic N) is 1. The molecule has 2 aliphatic heterocycles. The molecule has 0 bridgehead atoms. The monoisotopic (exact) mass is 351 g/mol. The van der Waals surface area contributed by atoms with Gasteiger partial charge in [-0.25, -0.2) is 0 Å². The first-order chi connectivity index (χ1) is 11.5. The number of hydrogen-bond donors (Lipinski definition) is 2. The van der Waals surface area contributed by atoms with Crippen molar-refractivity contribution in [2.45, 2.75) is 44.2 Å². The highest BCUT2D eigenvalue weighted by Gasteiger charge is 2.35. The minimum absolute atomic E-state index is 0.0189. The Labute approximate surface area is 148 Å². The van der Waals surface area contributed by atoms with Crippen molar-refractivity contribution in [3.8, 4) is 0 Å². The summed E-state index contributed by atoms with van der Waals surface area (Å²) in [5.74, 6) is -0.449. The molecule has 2 heterocycles. The topological polar surface area (TPSA) is 69.8 Å². The Morgan fingerprint density at radius 2 is 2.00 bits per heavy atom. The van der Waals surface area contributed by atoms with Crippen LogP contribution >= 0.6 is 11.6 Å². The van der Waals surface area contributed by atoms with Crippen LogP contribution in [0.1, 0.15) is 37.7 Å². The van der Waals surface area contributed by atoms with E-state index in [4.69, 9.17) is 17.3 Å². The molecular weight excluding hydrogens is 326 g/mol. The van der Waals surface area contributed by atoms with E-state index in [-0.39, 0.29) is 6.42 Å². The second-order valence-corrected chi connectivity index (χ2v) is 7.52. The van der Waals surface area contributed by atoms with E-state index in [9.17, 15) is 9.90 Å². The summed E-state index contributed by atoms with van der Waals surface area (Å²) < 4.78 is 0. The highest BCUT2D eigenvalue weighted by Crippen LogP contribution is 2.33. The van der Waals surface area contributed by atoms with Crippen LogP contribution < -0.4 is 10.6 Å². The molecule has 5 nitrogen and oxygen atoms in total. The molecule has 0 saturated carbocycles. The zero-order chi connectivity index (χ0) is 17.2. The van der Waals surface area contributed by atoms with Gasteiger partial charge in [-0.15, -0.1) is 0 Å². The summed E-state index contributed by atoms with van der Waals surface area (Å²) in [4.78, 5) is 15.8. The maximum absolute atomic E-state index is 11.2. The third-order valence-electron chi connectivity index (χ3n) is 5.06. The summed E-state index contributed by atoms with van der Waals surface area (Å²) in [5.41, 5.74) is 6.59. The summed E-state index contributed by atoms with van der Waals surface area (Å²) in [6.45, 7) is 4.18. The van der Waals surface area contributed by atoms with Crippen LogP contribution in [0.25, 0.3) is 0 Å². The molecule has 6 heteroatoms. The molecule has 2 fully saturated rings. The van der Waals surface area contributed by atoms with E-state index in [0.29, 0.717) is 19.5 Å². The zero-order valence-corrected chi connectivity index (χ0v) is 14.8. The largest absolute Gasteiger partial charge is 0.388 e. The van der Waals surface area contributed by atoms with Gasteiger partial charge in [-0.05, 0) is 44.4 Å². The molecule has 2 saturated heterocycles. The summed E-state index contributed by atoms with van der Waals surface area (Å²) in [6, 6.07) is 6.06. The van der Waals surface area contributed by atoms with Crippen molar-refractivity contribution in [3.05, 3.63) is 28.8 Å². The molecule has 1 atom stereocenters. The van der Waals surface area contributed by atoms with Gasteiger partial charge in [0, 0.05) is 42.5 Å². The molecule has 132 valence electrons. The number of piperidine rings is 1. The van der Waals surface area contributed by atoms with Gasteiger partial charge >= 0.3 is 0 Å². The van der Waals surface area contributed by atoms with E-state index in [2.05, 4.69) is 15.9 Å². The fraction of sp³-hybridized carbons (Fsp3) is 0.611. The number of amides is 1. The van der Waals surface area contributed by atoms with Crippen LogP contribution in [0.4, 0.5) is 5.69 Å². The van der Waals surface area contributed by atoms with Crippen LogP contribution in [0.3, 0.4) is 0 Å². The van der Waals surface area contributed by atoms with E-state index in [1.54, 1.807) is 0 Å². The van der Waals surface area contributed by atoms with Crippen molar-refractivity contribution in [2.75, 3.05) is 31.1 Å². The molecule has 24 heavy (non-hydrogen) atoms. The number of carbonyl (C=O) groups is 1. The van der Waals surface area contributed by atoms with Gasteiger partial charge in [0.25, 0.3) is 0 Å². The highest BCUT2D eigenvalue weighted by molar-refractivity contribution is 6.31. The lowest BCUT2D eigenvalue weighted by Gasteiger charge is -2.39. The number of rotatable bonds is 5. The predicted octanol–water partition coefficient (Wildman–Crippen LogP) is 2.14. The lowest BCUT2D eigenvalue weighted by Crippen LogP contribution is -2.49. The second-order valence-electron chi connectivity index (χ2n) is 7.11. The lowest BCUT2D eigenvalue weighted by atomic mass is 9.89. The van der Waals surface area contributed by atoms with Crippen molar-refractivity contribution in [1.29, 1.82) is 0 Å². The van der Waals surface area contributed by atoms with E-state index >= 15 is 0 Å². The molecule has 3 N–H and O–H groups in total. The Hall–Kier alpha value is -1.30. The number of hydrogen-bond acceptors (Lipinski definition) is 4. The minimum atomic E-state index is -1.01. The van der Waals surface area contributed by atoms with Crippen molar-refractivity contribution in [3.63, 3.8) is 0 Å². The maximum atomic E-state index is 11.2. The highest BCUT2D eigenvalue weighted by atomic mass is 35.5. The molecule has 1 amide bonds. The van der Waals surface area contributed by atoms with E-state index < -0.39 is 11.5 Å². The molecule has 1 aromatic carbocycles. The Balaban J connectivity index is 1.77. The Kier molecular flexibility index (Phi) is 5.33. The number of nitrogens with zero attached hydrogens (tertiary/aromatic N) is 2. The first-order valence-corrected chi connectivity index (χ1v) is 9.10. The van der Waals surface area contributed by atoms with E-state index in [1.165, 1.54) is 18.5 Å². The Morgan fingerprint density at radius 1 is 1.25 bits per heavy atom. The molecule has 3 rings (SSSR count). The smallest absolute Gasteiger partial charge is 0.220 e. The number of carbonyl (C=O) groups excluding carboxylic acids is 1. The number of nitrogens with two attached hydrogens (primary N) is 1. The molecule has 0 aromatic heterocycles. The fourth-order valence-electron chi connectivity index (χ4n) is 3.99. The molecule has 2 aliphatic rings. The Bertz CT molecular complexity index is 604. The van der Waals surface area contributed by atoms with Gasteiger partial charge in [0.2, 0.25) is 5.91 Å². The van der Waals surface area contributed by atoms with Gasteiger partial charge in [0.1, 0.15) is 0 Å². The van der Waals surface area contributed by atoms with Gasteiger partial charge in [-0.1, -0.05) is 17.7 Å². The van der Waals surface area contributed by atoms with Crippen LogP contribution in [0.15, 0.2) is 18.2 Å². The van der Waals surface area contributed by atoms with Crippen LogP contribution in [0, 0.1) is 0 Å². The van der Waals surface area contributed by atoms with Crippen LogP contribution in [-0.2, 0) is 11.3 Å². The summed E-state index contributed by atoms with van der Waals surface area (Å²) in [6.07, 6.45) is 3.92.